The third-order valence-corrected chi connectivity index (χ3v) is 5.53. The Labute approximate surface area is 123 Å². The first kappa shape index (κ1) is 15.4. The number of aromatic nitrogens is 1. The number of carbonyl (C=O) groups excluding carboxylic acids is 1. The first-order valence-corrected chi connectivity index (χ1v) is 9.37. The van der Waals surface area contributed by atoms with Gasteiger partial charge in [-0.2, -0.15) is 0 Å². The van der Waals surface area contributed by atoms with Crippen molar-refractivity contribution in [2.45, 2.75) is 26.7 Å². The van der Waals surface area contributed by atoms with Gasteiger partial charge >= 0.3 is 0 Å². The summed E-state index contributed by atoms with van der Waals surface area (Å²) < 4.78 is 22.4. The van der Waals surface area contributed by atoms with E-state index in [9.17, 15) is 13.2 Å². The van der Waals surface area contributed by atoms with E-state index >= 15 is 0 Å². The molecule has 5 nitrogen and oxygen atoms in total. The van der Waals surface area contributed by atoms with Crippen LogP contribution in [-0.4, -0.2) is 44.8 Å². The summed E-state index contributed by atoms with van der Waals surface area (Å²) in [5, 5.41) is 0.727. The molecule has 2 rings (SSSR count). The maximum atomic E-state index is 12.1. The molecule has 1 aliphatic rings. The van der Waals surface area contributed by atoms with E-state index < -0.39 is 9.84 Å². The smallest absolute Gasteiger partial charge is 0.185 e. The van der Waals surface area contributed by atoms with E-state index in [4.69, 9.17) is 0 Å². The highest BCUT2D eigenvalue weighted by atomic mass is 32.2. The third-order valence-electron chi connectivity index (χ3n) is 3.35. The summed E-state index contributed by atoms with van der Waals surface area (Å²) in [6, 6.07) is 0. The van der Waals surface area contributed by atoms with E-state index in [-0.39, 0.29) is 17.0 Å². The van der Waals surface area contributed by atoms with Crippen LogP contribution >= 0.6 is 11.3 Å². The minimum atomic E-state index is -2.99. The maximum Gasteiger partial charge on any atom is 0.185 e. The van der Waals surface area contributed by atoms with Crippen molar-refractivity contribution in [2.75, 3.05) is 30.5 Å². The molecule has 0 bridgehead atoms. The van der Waals surface area contributed by atoms with Gasteiger partial charge in [-0.1, -0.05) is 25.2 Å². The van der Waals surface area contributed by atoms with Crippen LogP contribution in [0.4, 0.5) is 5.13 Å². The molecule has 20 heavy (non-hydrogen) atoms. The number of rotatable bonds is 4. The zero-order valence-corrected chi connectivity index (χ0v) is 13.9. The van der Waals surface area contributed by atoms with Crippen molar-refractivity contribution in [3.63, 3.8) is 0 Å². The van der Waals surface area contributed by atoms with Crippen LogP contribution in [0.2, 0.25) is 0 Å². The molecule has 1 aliphatic carbocycles. The molecule has 0 saturated heterocycles. The second-order valence-corrected chi connectivity index (χ2v) is 9.50. The van der Waals surface area contributed by atoms with Gasteiger partial charge in [0.25, 0.3) is 0 Å². The van der Waals surface area contributed by atoms with Crippen molar-refractivity contribution in [1.82, 2.24) is 4.98 Å². The van der Waals surface area contributed by atoms with E-state index in [0.717, 1.165) is 22.1 Å². The molecular formula is C13H20N2O3S2. The van der Waals surface area contributed by atoms with Crippen molar-refractivity contribution >= 4 is 32.1 Å². The van der Waals surface area contributed by atoms with Crippen LogP contribution in [0.5, 0.6) is 0 Å². The number of hydrogen-bond acceptors (Lipinski definition) is 6. The van der Waals surface area contributed by atoms with Crippen molar-refractivity contribution in [3.8, 4) is 0 Å². The summed E-state index contributed by atoms with van der Waals surface area (Å²) >= 11 is 1.37. The quantitative estimate of drug-likeness (QED) is 0.847. The minimum absolute atomic E-state index is 0.0409. The molecule has 112 valence electrons. The predicted octanol–water partition coefficient (Wildman–Crippen LogP) is 1.78. The topological polar surface area (TPSA) is 67.3 Å². The fourth-order valence-corrected chi connectivity index (χ4v) is 3.88. The van der Waals surface area contributed by atoms with E-state index in [1.807, 2.05) is 11.9 Å². The SMILES string of the molecule is CN(CCS(C)(=O)=O)c1nc2c(s1)C(=O)CC(C)(C)C2. The summed E-state index contributed by atoms with van der Waals surface area (Å²) in [6.07, 6.45) is 2.57. The van der Waals surface area contributed by atoms with Crippen LogP contribution in [0.15, 0.2) is 0 Å². The van der Waals surface area contributed by atoms with Crippen molar-refractivity contribution < 1.29 is 13.2 Å². The van der Waals surface area contributed by atoms with Crippen LogP contribution in [0.3, 0.4) is 0 Å². The monoisotopic (exact) mass is 316 g/mol. The molecule has 0 atom stereocenters. The summed E-state index contributed by atoms with van der Waals surface area (Å²) in [5.41, 5.74) is 0.818. The lowest BCUT2D eigenvalue weighted by molar-refractivity contribution is 0.0916. The average molecular weight is 316 g/mol. The lowest BCUT2D eigenvalue weighted by Gasteiger charge is -2.26. The Morgan fingerprint density at radius 1 is 1.35 bits per heavy atom. The number of nitrogens with zero attached hydrogens (tertiary/aromatic N) is 2. The van der Waals surface area contributed by atoms with E-state index in [0.29, 0.717) is 13.0 Å². The fourth-order valence-electron chi connectivity index (χ4n) is 2.27. The number of Topliss-reactive ketones (excluding diaryl/α,β-unsaturated/α-hetero) is 1. The molecule has 1 aromatic heterocycles. The minimum Gasteiger partial charge on any atom is -0.350 e. The fraction of sp³-hybridized carbons (Fsp3) is 0.692. The lowest BCUT2D eigenvalue weighted by Crippen LogP contribution is -2.26. The third kappa shape index (κ3) is 3.58. The van der Waals surface area contributed by atoms with Crippen LogP contribution in [-0.2, 0) is 16.3 Å². The number of fused-ring (bicyclic) bond motifs is 1. The number of carbonyl (C=O) groups is 1. The van der Waals surface area contributed by atoms with Gasteiger partial charge in [0, 0.05) is 26.3 Å². The van der Waals surface area contributed by atoms with Gasteiger partial charge in [0.05, 0.1) is 16.3 Å². The van der Waals surface area contributed by atoms with Gasteiger partial charge in [-0.3, -0.25) is 4.79 Å². The second kappa shape index (κ2) is 5.11. The zero-order chi connectivity index (χ0) is 15.1. The van der Waals surface area contributed by atoms with Gasteiger partial charge in [-0.05, 0) is 11.8 Å². The van der Waals surface area contributed by atoms with E-state index in [2.05, 4.69) is 18.8 Å². The molecule has 0 spiro atoms. The first-order valence-electron chi connectivity index (χ1n) is 6.49. The molecule has 0 N–H and O–H groups in total. The van der Waals surface area contributed by atoms with Gasteiger partial charge in [0.2, 0.25) is 0 Å². The molecule has 7 heteroatoms. The number of sulfone groups is 1. The molecular weight excluding hydrogens is 296 g/mol. The largest absolute Gasteiger partial charge is 0.350 e. The van der Waals surface area contributed by atoms with Gasteiger partial charge in [0.1, 0.15) is 9.84 Å². The Balaban J connectivity index is 2.18. The molecule has 1 aromatic rings. The van der Waals surface area contributed by atoms with Crippen molar-refractivity contribution in [1.29, 1.82) is 0 Å². The van der Waals surface area contributed by atoms with Crippen LogP contribution in [0, 0.1) is 5.41 Å². The lowest BCUT2D eigenvalue weighted by atomic mass is 9.78. The van der Waals surface area contributed by atoms with Crippen LogP contribution < -0.4 is 4.90 Å². The van der Waals surface area contributed by atoms with Gasteiger partial charge < -0.3 is 4.90 Å². The average Bonchev–Trinajstić information content (AvgIpc) is 2.67. The number of thiazole rings is 1. The molecule has 0 radical (unpaired) electrons. The summed E-state index contributed by atoms with van der Waals surface area (Å²) in [4.78, 5) is 19.2. The Kier molecular flexibility index (Phi) is 3.94. The maximum absolute atomic E-state index is 12.1. The Bertz CT molecular complexity index is 632. The normalized spacial score (nSPS) is 17.9. The van der Waals surface area contributed by atoms with Crippen molar-refractivity contribution in [2.24, 2.45) is 5.41 Å². The molecule has 0 saturated carbocycles. The van der Waals surface area contributed by atoms with E-state index in [1.54, 1.807) is 0 Å². The Morgan fingerprint density at radius 2 is 2.00 bits per heavy atom. The Hall–Kier alpha value is -0.950. The molecule has 0 unspecified atom stereocenters. The molecule has 0 aromatic carbocycles. The highest BCUT2D eigenvalue weighted by Gasteiger charge is 2.34. The van der Waals surface area contributed by atoms with Crippen LogP contribution in [0.25, 0.3) is 0 Å². The van der Waals surface area contributed by atoms with Crippen molar-refractivity contribution in [3.05, 3.63) is 10.6 Å². The summed E-state index contributed by atoms with van der Waals surface area (Å²) in [7, 11) is -1.18. The summed E-state index contributed by atoms with van der Waals surface area (Å²) in [5.74, 6) is 0.240. The highest BCUT2D eigenvalue weighted by molar-refractivity contribution is 7.90. The Morgan fingerprint density at radius 3 is 2.60 bits per heavy atom. The van der Waals surface area contributed by atoms with Crippen LogP contribution in [0.1, 0.15) is 35.6 Å². The zero-order valence-electron chi connectivity index (χ0n) is 12.3. The first-order chi connectivity index (χ1) is 9.07. The predicted molar refractivity (Wildman–Crippen MR) is 81.5 cm³/mol. The number of hydrogen-bond donors (Lipinski definition) is 0. The number of anilines is 1. The van der Waals surface area contributed by atoms with E-state index in [1.165, 1.54) is 17.6 Å². The highest BCUT2D eigenvalue weighted by Crippen LogP contribution is 2.38. The second-order valence-electron chi connectivity index (χ2n) is 6.26. The number of ketones is 1. The molecule has 0 aliphatic heterocycles. The molecule has 1 heterocycles. The molecule has 0 amide bonds. The molecule has 0 fully saturated rings. The van der Waals surface area contributed by atoms with Gasteiger partial charge in [0.15, 0.2) is 10.9 Å². The standard InChI is InChI=1S/C13H20N2O3S2/c1-13(2)7-9-11(10(16)8-13)19-12(14-9)15(3)5-6-20(4,17)18/h5-8H2,1-4H3. The van der Waals surface area contributed by atoms with Gasteiger partial charge in [-0.25, -0.2) is 13.4 Å². The van der Waals surface area contributed by atoms with Gasteiger partial charge in [-0.15, -0.1) is 0 Å². The summed E-state index contributed by atoms with van der Waals surface area (Å²) in [6.45, 7) is 4.53.